The lowest BCUT2D eigenvalue weighted by Crippen LogP contribution is -2.50. The minimum absolute atomic E-state index is 0.0949. The van der Waals surface area contributed by atoms with Gasteiger partial charge in [-0.05, 0) is 46.0 Å². The van der Waals surface area contributed by atoms with Gasteiger partial charge in [0.05, 0.1) is 17.3 Å². The van der Waals surface area contributed by atoms with Crippen LogP contribution in [0.1, 0.15) is 25.7 Å². The molecule has 0 radical (unpaired) electrons. The molecule has 7 nitrogen and oxygen atoms in total. The van der Waals surface area contributed by atoms with Crippen molar-refractivity contribution in [3.8, 4) is 0 Å². The summed E-state index contributed by atoms with van der Waals surface area (Å²) in [4.78, 5) is 34.8. The van der Waals surface area contributed by atoms with Gasteiger partial charge in [-0.25, -0.2) is 4.79 Å². The number of carbonyl (C=O) groups excluding carboxylic acids is 2. The molecule has 0 spiro atoms. The molecule has 10 heteroatoms. The molecule has 4 aliphatic rings. The number of amides is 3. The van der Waals surface area contributed by atoms with Gasteiger partial charge in [0.1, 0.15) is 0 Å². The smallest absolute Gasteiger partial charge is 0.306 e. The predicted molar refractivity (Wildman–Crippen MR) is 139 cm³/mol. The van der Waals surface area contributed by atoms with Crippen molar-refractivity contribution in [2.75, 3.05) is 33.4 Å². The molecule has 33 heavy (non-hydrogen) atoms. The van der Waals surface area contributed by atoms with Crippen LogP contribution in [-0.4, -0.2) is 94.3 Å². The van der Waals surface area contributed by atoms with E-state index in [1.54, 1.807) is 11.8 Å². The molecular weight excluding hydrogens is 478 g/mol. The van der Waals surface area contributed by atoms with Crippen LogP contribution in [0, 0.1) is 5.92 Å². The highest BCUT2D eigenvalue weighted by Crippen LogP contribution is 2.36. The molecule has 6 unspecified atom stereocenters. The zero-order valence-electron chi connectivity index (χ0n) is 19.4. The number of hydrogen-bond acceptors (Lipinski definition) is 7. The number of alkyl halides is 1. The molecule has 0 bridgehead atoms. The van der Waals surface area contributed by atoms with Crippen LogP contribution in [0.25, 0.3) is 0 Å². The van der Waals surface area contributed by atoms with Crippen molar-refractivity contribution >= 4 is 52.2 Å². The van der Waals surface area contributed by atoms with E-state index in [-0.39, 0.29) is 18.0 Å². The van der Waals surface area contributed by atoms with Crippen LogP contribution in [0.3, 0.4) is 0 Å². The van der Waals surface area contributed by atoms with Gasteiger partial charge in [-0.2, -0.15) is 11.8 Å². The first-order valence-electron chi connectivity index (χ1n) is 11.6. The van der Waals surface area contributed by atoms with Crippen molar-refractivity contribution in [2.45, 2.75) is 59.7 Å². The van der Waals surface area contributed by atoms with E-state index in [0.29, 0.717) is 28.1 Å². The first kappa shape index (κ1) is 25.1. The quantitative estimate of drug-likeness (QED) is 0.446. The highest BCUT2D eigenvalue weighted by molar-refractivity contribution is 8.14. The van der Waals surface area contributed by atoms with E-state index in [9.17, 15) is 9.59 Å². The molecule has 182 valence electrons. The monoisotopic (exact) mass is 511 g/mol. The largest absolute Gasteiger partial charge is 0.327 e. The van der Waals surface area contributed by atoms with E-state index in [2.05, 4.69) is 64.0 Å². The maximum Gasteiger partial charge on any atom is 0.327 e. The van der Waals surface area contributed by atoms with Gasteiger partial charge in [0, 0.05) is 35.7 Å². The predicted octanol–water partition coefficient (Wildman–Crippen LogP) is 2.92. The number of halogens is 1. The Kier molecular flexibility index (Phi) is 8.49. The SMILES string of the molecule is CSC1C=CC2N=C(NC(=O)NC(=O)C3CC(N4CCC(N(C)C)CC4)C=CC3Cl)SC2C1. The second kappa shape index (κ2) is 11.2. The number of likely N-dealkylation sites (tertiary alicyclic amines) is 1. The highest BCUT2D eigenvalue weighted by Gasteiger charge is 2.37. The fourth-order valence-corrected chi connectivity index (χ4v) is 7.31. The van der Waals surface area contributed by atoms with E-state index in [4.69, 9.17) is 11.6 Å². The van der Waals surface area contributed by atoms with Gasteiger partial charge < -0.3 is 4.90 Å². The zero-order chi connectivity index (χ0) is 23.5. The summed E-state index contributed by atoms with van der Waals surface area (Å²) in [5.74, 6) is -0.765. The molecular formula is C23H34ClN5O2S2. The van der Waals surface area contributed by atoms with E-state index in [1.165, 1.54) is 0 Å². The molecule has 1 saturated heterocycles. The van der Waals surface area contributed by atoms with Crippen molar-refractivity contribution in [3.05, 3.63) is 24.3 Å². The number of allylic oxidation sites excluding steroid dienone is 1. The van der Waals surface area contributed by atoms with E-state index >= 15 is 0 Å². The molecule has 2 aliphatic carbocycles. The molecule has 0 aromatic carbocycles. The lowest BCUT2D eigenvalue weighted by atomic mass is 9.88. The van der Waals surface area contributed by atoms with Crippen molar-refractivity contribution in [1.82, 2.24) is 20.4 Å². The number of thioether (sulfide) groups is 2. The Balaban J connectivity index is 1.27. The van der Waals surface area contributed by atoms with Crippen molar-refractivity contribution in [1.29, 1.82) is 0 Å². The van der Waals surface area contributed by atoms with Gasteiger partial charge >= 0.3 is 6.03 Å². The van der Waals surface area contributed by atoms with Crippen molar-refractivity contribution < 1.29 is 9.59 Å². The summed E-state index contributed by atoms with van der Waals surface area (Å²) in [7, 11) is 4.26. The second-order valence-electron chi connectivity index (χ2n) is 9.39. The Morgan fingerprint density at radius 2 is 1.94 bits per heavy atom. The second-order valence-corrected chi connectivity index (χ2v) is 12.2. The van der Waals surface area contributed by atoms with Crippen LogP contribution in [0.15, 0.2) is 29.3 Å². The summed E-state index contributed by atoms with van der Waals surface area (Å²) in [6, 6.07) is 0.352. The van der Waals surface area contributed by atoms with Crippen molar-refractivity contribution in [2.24, 2.45) is 10.9 Å². The average molecular weight is 512 g/mol. The molecule has 2 N–H and O–H groups in total. The molecule has 0 saturated carbocycles. The number of urea groups is 1. The van der Waals surface area contributed by atoms with Gasteiger partial charge in [-0.15, -0.1) is 11.6 Å². The van der Waals surface area contributed by atoms with Gasteiger partial charge in [-0.1, -0.05) is 36.1 Å². The Labute approximate surface area is 210 Å². The number of nitrogens with zero attached hydrogens (tertiary/aromatic N) is 3. The molecule has 1 fully saturated rings. The Hall–Kier alpha value is -1.00. The van der Waals surface area contributed by atoms with Gasteiger partial charge in [0.15, 0.2) is 5.17 Å². The number of imide groups is 1. The van der Waals surface area contributed by atoms with Gasteiger partial charge in [0.2, 0.25) is 5.91 Å². The molecule has 6 atom stereocenters. The van der Waals surface area contributed by atoms with Crippen LogP contribution in [0.4, 0.5) is 4.79 Å². The Morgan fingerprint density at radius 3 is 2.64 bits per heavy atom. The normalized spacial score (nSPS) is 34.8. The third-order valence-electron chi connectivity index (χ3n) is 7.09. The first-order chi connectivity index (χ1) is 15.8. The maximum atomic E-state index is 12.9. The topological polar surface area (TPSA) is 77.0 Å². The summed E-state index contributed by atoms with van der Waals surface area (Å²) >= 11 is 9.88. The third kappa shape index (κ3) is 6.17. The lowest BCUT2D eigenvalue weighted by Gasteiger charge is -2.41. The third-order valence-corrected chi connectivity index (χ3v) is 9.70. The van der Waals surface area contributed by atoms with Crippen LogP contribution in [0.5, 0.6) is 0 Å². The number of piperidine rings is 1. The van der Waals surface area contributed by atoms with E-state index < -0.39 is 17.3 Å². The number of rotatable bonds is 4. The average Bonchev–Trinajstić information content (AvgIpc) is 3.20. The van der Waals surface area contributed by atoms with Crippen LogP contribution in [-0.2, 0) is 4.79 Å². The number of carbonyl (C=O) groups is 2. The number of nitrogens with one attached hydrogen (secondary N) is 2. The summed E-state index contributed by atoms with van der Waals surface area (Å²) < 4.78 is 0. The van der Waals surface area contributed by atoms with Gasteiger partial charge in [-0.3, -0.25) is 25.3 Å². The molecule has 0 aromatic rings. The highest BCUT2D eigenvalue weighted by atomic mass is 35.5. The molecule has 4 rings (SSSR count). The van der Waals surface area contributed by atoms with Gasteiger partial charge in [0.25, 0.3) is 0 Å². The zero-order valence-corrected chi connectivity index (χ0v) is 21.8. The number of hydrogen-bond donors (Lipinski definition) is 2. The minimum Gasteiger partial charge on any atom is -0.306 e. The van der Waals surface area contributed by atoms with Crippen LogP contribution < -0.4 is 10.6 Å². The maximum absolute atomic E-state index is 12.9. The summed E-state index contributed by atoms with van der Waals surface area (Å²) in [6.07, 6.45) is 14.3. The Morgan fingerprint density at radius 1 is 1.18 bits per heavy atom. The first-order valence-corrected chi connectivity index (χ1v) is 14.2. The summed E-state index contributed by atoms with van der Waals surface area (Å²) in [5.41, 5.74) is 0. The Bertz CT molecular complexity index is 828. The fraction of sp³-hybridized carbons (Fsp3) is 0.696. The number of amidine groups is 1. The van der Waals surface area contributed by atoms with Crippen molar-refractivity contribution in [3.63, 3.8) is 0 Å². The molecule has 2 aliphatic heterocycles. The molecule has 3 amide bonds. The summed E-state index contributed by atoms with van der Waals surface area (Å²) in [6.45, 7) is 2.01. The number of aliphatic imine (C=N–C) groups is 1. The van der Waals surface area contributed by atoms with Crippen LogP contribution in [0.2, 0.25) is 0 Å². The fourth-order valence-electron chi connectivity index (χ4n) is 5.02. The standard InChI is InChI=1S/C23H34ClN5O2S2/c1-28(2)14-8-10-29(11-9-14)15-4-6-18(24)17(12-15)21(30)26-22(31)27-23-25-19-7-5-16(32-3)13-20(19)33-23/h4-7,14-20H,8-13H2,1-3H3,(H2,25,26,27,30,31). The molecule has 0 aromatic heterocycles. The summed E-state index contributed by atoms with van der Waals surface area (Å²) in [5, 5.41) is 6.27. The minimum atomic E-state index is -0.530. The van der Waals surface area contributed by atoms with E-state index in [0.717, 1.165) is 32.4 Å². The number of fused-ring (bicyclic) bond motifs is 1. The molecule has 2 heterocycles. The lowest BCUT2D eigenvalue weighted by molar-refractivity contribution is -0.124. The van der Waals surface area contributed by atoms with Crippen LogP contribution >= 0.6 is 35.1 Å². The van der Waals surface area contributed by atoms with E-state index in [1.807, 2.05) is 17.8 Å².